The Morgan fingerprint density at radius 1 is 1.35 bits per heavy atom. The third kappa shape index (κ3) is 2.51. The van der Waals surface area contributed by atoms with E-state index in [1.54, 1.807) is 0 Å². The van der Waals surface area contributed by atoms with Gasteiger partial charge in [-0.1, -0.05) is 28.9 Å². The second-order valence-electron chi connectivity index (χ2n) is 5.36. The Kier molecular flexibility index (Phi) is 3.87. The van der Waals surface area contributed by atoms with E-state index >= 15 is 0 Å². The van der Waals surface area contributed by atoms with Crippen molar-refractivity contribution in [2.75, 3.05) is 26.3 Å². The molecule has 1 aromatic carbocycles. The number of hydrogen-bond acceptors (Lipinski definition) is 3. The lowest BCUT2D eigenvalue weighted by molar-refractivity contribution is 0.0696. The molecule has 1 aromatic rings. The van der Waals surface area contributed by atoms with Crippen molar-refractivity contribution in [2.24, 2.45) is 5.92 Å². The second-order valence-corrected chi connectivity index (χ2v) is 6.54. The van der Waals surface area contributed by atoms with Crippen molar-refractivity contribution in [1.82, 2.24) is 4.90 Å². The minimum absolute atomic E-state index is 0.0312. The van der Waals surface area contributed by atoms with Crippen LogP contribution in [0.15, 0.2) is 18.2 Å². The minimum atomic E-state index is 0.0312. The summed E-state index contributed by atoms with van der Waals surface area (Å²) in [6, 6.07) is 5.51. The number of para-hydroxylation sites is 1. The Labute approximate surface area is 127 Å². The standard InChI is InChI=1S/C15H18BrNO3/c1-10-5-6-17(9-12(10)16)15(18)11-3-2-4-13-14(11)20-8-7-19-13/h2-4,10,12H,5-9H2,1H3. The SMILES string of the molecule is CC1CCN(C(=O)c2cccc3c2OCCO3)CC1Br. The van der Waals surface area contributed by atoms with Gasteiger partial charge in [0, 0.05) is 17.9 Å². The molecule has 3 rings (SSSR count). The summed E-state index contributed by atoms with van der Waals surface area (Å²) in [5, 5.41) is 0. The summed E-state index contributed by atoms with van der Waals surface area (Å²) in [6.45, 7) is 4.78. The van der Waals surface area contributed by atoms with Crippen LogP contribution in [0.25, 0.3) is 0 Å². The number of carbonyl (C=O) groups excluding carboxylic acids is 1. The molecule has 20 heavy (non-hydrogen) atoms. The maximum Gasteiger partial charge on any atom is 0.257 e. The van der Waals surface area contributed by atoms with Crippen LogP contribution in [0.2, 0.25) is 0 Å². The van der Waals surface area contributed by atoms with E-state index in [2.05, 4.69) is 22.9 Å². The molecule has 1 amide bonds. The largest absolute Gasteiger partial charge is 0.486 e. The number of ether oxygens (including phenoxy) is 2. The van der Waals surface area contributed by atoms with Crippen LogP contribution in [0.3, 0.4) is 0 Å². The van der Waals surface area contributed by atoms with Crippen molar-refractivity contribution in [1.29, 1.82) is 0 Å². The predicted octanol–water partition coefficient (Wildman–Crippen LogP) is 2.70. The maximum atomic E-state index is 12.7. The fourth-order valence-electron chi connectivity index (χ4n) is 2.62. The van der Waals surface area contributed by atoms with Gasteiger partial charge in [0.05, 0.1) is 5.56 Å². The minimum Gasteiger partial charge on any atom is -0.486 e. The van der Waals surface area contributed by atoms with Crippen molar-refractivity contribution in [3.8, 4) is 11.5 Å². The Morgan fingerprint density at radius 3 is 2.95 bits per heavy atom. The molecule has 4 nitrogen and oxygen atoms in total. The first kappa shape index (κ1) is 13.7. The fraction of sp³-hybridized carbons (Fsp3) is 0.533. The molecule has 2 aliphatic heterocycles. The number of hydrogen-bond donors (Lipinski definition) is 0. The smallest absolute Gasteiger partial charge is 0.257 e. The Balaban J connectivity index is 1.84. The Hall–Kier alpha value is -1.23. The van der Waals surface area contributed by atoms with Gasteiger partial charge >= 0.3 is 0 Å². The molecule has 0 aliphatic carbocycles. The van der Waals surface area contributed by atoms with E-state index in [1.165, 1.54) is 0 Å². The monoisotopic (exact) mass is 339 g/mol. The molecule has 0 aromatic heterocycles. The van der Waals surface area contributed by atoms with Gasteiger partial charge < -0.3 is 14.4 Å². The number of fused-ring (bicyclic) bond motifs is 1. The fourth-order valence-corrected chi connectivity index (χ4v) is 3.23. The van der Waals surface area contributed by atoms with E-state index in [0.717, 1.165) is 19.5 Å². The number of nitrogens with zero attached hydrogens (tertiary/aromatic N) is 1. The lowest BCUT2D eigenvalue weighted by atomic mass is 9.98. The summed E-state index contributed by atoms with van der Waals surface area (Å²) in [5.74, 6) is 1.89. The third-order valence-electron chi connectivity index (χ3n) is 3.95. The third-order valence-corrected chi connectivity index (χ3v) is 5.14. The lowest BCUT2D eigenvalue weighted by Crippen LogP contribution is -2.43. The molecule has 0 N–H and O–H groups in total. The first-order valence-corrected chi connectivity index (χ1v) is 7.90. The summed E-state index contributed by atoms with van der Waals surface area (Å²) >= 11 is 3.66. The number of rotatable bonds is 1. The molecule has 0 bridgehead atoms. The van der Waals surface area contributed by atoms with Gasteiger partial charge in [0.2, 0.25) is 0 Å². The highest BCUT2D eigenvalue weighted by atomic mass is 79.9. The Morgan fingerprint density at radius 2 is 2.15 bits per heavy atom. The highest BCUT2D eigenvalue weighted by Crippen LogP contribution is 2.35. The van der Waals surface area contributed by atoms with Crippen LogP contribution in [0.5, 0.6) is 11.5 Å². The molecule has 0 saturated carbocycles. The summed E-state index contributed by atoms with van der Waals surface area (Å²) in [4.78, 5) is 14.9. The molecule has 2 aliphatic rings. The van der Waals surface area contributed by atoms with E-state index in [9.17, 15) is 4.79 Å². The van der Waals surface area contributed by atoms with Gasteiger partial charge in [-0.05, 0) is 24.5 Å². The van der Waals surface area contributed by atoms with Crippen LogP contribution in [0.4, 0.5) is 0 Å². The molecule has 108 valence electrons. The number of carbonyl (C=O) groups is 1. The topological polar surface area (TPSA) is 38.8 Å². The van der Waals surface area contributed by atoms with Crippen LogP contribution in [-0.2, 0) is 0 Å². The van der Waals surface area contributed by atoms with E-state index in [4.69, 9.17) is 9.47 Å². The number of piperidine rings is 1. The highest BCUT2D eigenvalue weighted by Gasteiger charge is 2.30. The zero-order valence-electron chi connectivity index (χ0n) is 11.5. The molecule has 0 radical (unpaired) electrons. The number of benzene rings is 1. The maximum absolute atomic E-state index is 12.7. The number of likely N-dealkylation sites (tertiary alicyclic amines) is 1. The van der Waals surface area contributed by atoms with Crippen molar-refractivity contribution < 1.29 is 14.3 Å². The van der Waals surface area contributed by atoms with Crippen LogP contribution in [0.1, 0.15) is 23.7 Å². The van der Waals surface area contributed by atoms with Crippen LogP contribution < -0.4 is 9.47 Å². The molecule has 0 spiro atoms. The summed E-state index contributed by atoms with van der Waals surface area (Å²) in [7, 11) is 0. The summed E-state index contributed by atoms with van der Waals surface area (Å²) < 4.78 is 11.2. The average Bonchev–Trinajstić information content (AvgIpc) is 2.49. The quantitative estimate of drug-likeness (QED) is 0.738. The van der Waals surface area contributed by atoms with Gasteiger partial charge in [0.25, 0.3) is 5.91 Å². The summed E-state index contributed by atoms with van der Waals surface area (Å²) in [5.41, 5.74) is 0.608. The van der Waals surface area contributed by atoms with Crippen LogP contribution in [0, 0.1) is 5.92 Å². The zero-order valence-corrected chi connectivity index (χ0v) is 13.1. The van der Waals surface area contributed by atoms with Gasteiger partial charge in [0.1, 0.15) is 13.2 Å². The number of alkyl halides is 1. The summed E-state index contributed by atoms with van der Waals surface area (Å²) in [6.07, 6.45) is 1.02. The van der Waals surface area contributed by atoms with Gasteiger partial charge in [-0.2, -0.15) is 0 Å². The van der Waals surface area contributed by atoms with Gasteiger partial charge in [-0.15, -0.1) is 0 Å². The van der Waals surface area contributed by atoms with Crippen molar-refractivity contribution in [2.45, 2.75) is 18.2 Å². The van der Waals surface area contributed by atoms with Gasteiger partial charge in [-0.25, -0.2) is 0 Å². The number of halogens is 1. The predicted molar refractivity (Wildman–Crippen MR) is 79.8 cm³/mol. The first-order chi connectivity index (χ1) is 9.66. The molecule has 2 unspecified atom stereocenters. The molecule has 5 heteroatoms. The zero-order chi connectivity index (χ0) is 14.1. The average molecular weight is 340 g/mol. The lowest BCUT2D eigenvalue weighted by Gasteiger charge is -2.34. The van der Waals surface area contributed by atoms with E-state index in [1.807, 2.05) is 23.1 Å². The molecular formula is C15H18BrNO3. The first-order valence-electron chi connectivity index (χ1n) is 6.99. The second kappa shape index (κ2) is 5.64. The Bertz CT molecular complexity index is 520. The van der Waals surface area contributed by atoms with E-state index < -0.39 is 0 Å². The van der Waals surface area contributed by atoms with E-state index in [-0.39, 0.29) is 5.91 Å². The molecule has 2 atom stereocenters. The van der Waals surface area contributed by atoms with Gasteiger partial charge in [0.15, 0.2) is 11.5 Å². The molecular weight excluding hydrogens is 322 g/mol. The van der Waals surface area contributed by atoms with Crippen LogP contribution in [-0.4, -0.2) is 41.9 Å². The van der Waals surface area contributed by atoms with E-state index in [0.29, 0.717) is 41.0 Å². The number of amides is 1. The molecule has 2 heterocycles. The molecule has 1 fully saturated rings. The van der Waals surface area contributed by atoms with Crippen molar-refractivity contribution in [3.63, 3.8) is 0 Å². The van der Waals surface area contributed by atoms with Crippen molar-refractivity contribution >= 4 is 21.8 Å². The van der Waals surface area contributed by atoms with Crippen molar-refractivity contribution in [3.05, 3.63) is 23.8 Å². The highest BCUT2D eigenvalue weighted by molar-refractivity contribution is 9.09. The molecule has 1 saturated heterocycles. The normalized spacial score (nSPS) is 25.4. The van der Waals surface area contributed by atoms with Gasteiger partial charge in [-0.3, -0.25) is 4.79 Å². The van der Waals surface area contributed by atoms with Crippen LogP contribution >= 0.6 is 15.9 Å².